The first-order valence-electron chi connectivity index (χ1n) is 6.84. The molecule has 1 heterocycles. The minimum atomic E-state index is 0.355. The average Bonchev–Trinajstić information content (AvgIpc) is 2.45. The third-order valence-electron chi connectivity index (χ3n) is 2.86. The Morgan fingerprint density at radius 3 is 2.76 bits per heavy atom. The Labute approximate surface area is 125 Å². The van der Waals surface area contributed by atoms with Crippen molar-refractivity contribution in [1.29, 1.82) is 0 Å². The molecule has 0 saturated carbocycles. The van der Waals surface area contributed by atoms with Crippen molar-refractivity contribution in [3.8, 4) is 0 Å². The molecule has 6 nitrogen and oxygen atoms in total. The zero-order valence-electron chi connectivity index (χ0n) is 12.6. The average molecular weight is 287 g/mol. The lowest BCUT2D eigenvalue weighted by molar-refractivity contribution is 0.128. The lowest BCUT2D eigenvalue weighted by atomic mass is 10.2. The second-order valence-electron chi connectivity index (χ2n) is 4.80. The molecule has 0 unspecified atom stereocenters. The van der Waals surface area contributed by atoms with Crippen LogP contribution in [0, 0.1) is 0 Å². The predicted octanol–water partition coefficient (Wildman–Crippen LogP) is 2.40. The summed E-state index contributed by atoms with van der Waals surface area (Å²) >= 11 is 0. The quantitative estimate of drug-likeness (QED) is 0.849. The SMILES string of the molecule is CCOCc1nc(N)cc(Nc2cccc(N(C)C)c2)n1. The maximum atomic E-state index is 5.81. The summed E-state index contributed by atoms with van der Waals surface area (Å²) in [5, 5.41) is 3.24. The van der Waals surface area contributed by atoms with E-state index in [1.165, 1.54) is 0 Å². The molecule has 0 aliphatic carbocycles. The van der Waals surface area contributed by atoms with Crippen LogP contribution in [-0.2, 0) is 11.3 Å². The van der Waals surface area contributed by atoms with Crippen molar-refractivity contribution in [1.82, 2.24) is 9.97 Å². The molecule has 0 fully saturated rings. The third-order valence-corrected chi connectivity index (χ3v) is 2.86. The van der Waals surface area contributed by atoms with E-state index >= 15 is 0 Å². The maximum absolute atomic E-state index is 5.81. The van der Waals surface area contributed by atoms with Crippen molar-refractivity contribution in [3.63, 3.8) is 0 Å². The van der Waals surface area contributed by atoms with Gasteiger partial charge in [-0.25, -0.2) is 9.97 Å². The standard InChI is InChI=1S/C15H21N5O/c1-4-21-10-15-18-13(16)9-14(19-15)17-11-6-5-7-12(8-11)20(2)3/h5-9H,4,10H2,1-3H3,(H3,16,17,18,19). The minimum Gasteiger partial charge on any atom is -0.384 e. The second kappa shape index (κ2) is 6.90. The first kappa shape index (κ1) is 15.1. The van der Waals surface area contributed by atoms with Gasteiger partial charge in [0.2, 0.25) is 0 Å². The fourth-order valence-electron chi connectivity index (χ4n) is 1.85. The number of nitrogen functional groups attached to an aromatic ring is 1. The Morgan fingerprint density at radius 2 is 2.05 bits per heavy atom. The topological polar surface area (TPSA) is 76.3 Å². The number of benzene rings is 1. The van der Waals surface area contributed by atoms with Gasteiger partial charge in [-0.05, 0) is 25.1 Å². The van der Waals surface area contributed by atoms with Gasteiger partial charge in [0.1, 0.15) is 18.2 Å². The highest BCUT2D eigenvalue weighted by Crippen LogP contribution is 2.21. The van der Waals surface area contributed by atoms with E-state index < -0.39 is 0 Å². The highest BCUT2D eigenvalue weighted by molar-refractivity contribution is 5.64. The lowest BCUT2D eigenvalue weighted by Gasteiger charge is -2.14. The van der Waals surface area contributed by atoms with Gasteiger partial charge in [0.05, 0.1) is 0 Å². The predicted molar refractivity (Wildman–Crippen MR) is 85.8 cm³/mol. The Kier molecular flexibility index (Phi) is 4.94. The van der Waals surface area contributed by atoms with Crippen LogP contribution in [0.2, 0.25) is 0 Å². The molecule has 0 aliphatic rings. The van der Waals surface area contributed by atoms with Crippen molar-refractivity contribution in [2.24, 2.45) is 0 Å². The molecule has 0 bridgehead atoms. The van der Waals surface area contributed by atoms with Crippen LogP contribution in [0.5, 0.6) is 0 Å². The molecule has 0 aliphatic heterocycles. The number of hydrogen-bond donors (Lipinski definition) is 2. The van der Waals surface area contributed by atoms with Gasteiger partial charge in [-0.2, -0.15) is 0 Å². The van der Waals surface area contributed by atoms with Gasteiger partial charge in [-0.15, -0.1) is 0 Å². The van der Waals surface area contributed by atoms with Crippen molar-refractivity contribution < 1.29 is 4.74 Å². The number of rotatable bonds is 6. The van der Waals surface area contributed by atoms with E-state index in [9.17, 15) is 0 Å². The van der Waals surface area contributed by atoms with Crippen LogP contribution in [0.15, 0.2) is 30.3 Å². The van der Waals surface area contributed by atoms with Crippen LogP contribution in [0.4, 0.5) is 23.0 Å². The van der Waals surface area contributed by atoms with Gasteiger partial charge in [0.15, 0.2) is 5.82 Å². The molecular formula is C15H21N5O. The van der Waals surface area contributed by atoms with Crippen molar-refractivity contribution in [3.05, 3.63) is 36.2 Å². The van der Waals surface area contributed by atoms with E-state index in [2.05, 4.69) is 15.3 Å². The molecule has 0 radical (unpaired) electrons. The number of hydrogen-bond acceptors (Lipinski definition) is 6. The Morgan fingerprint density at radius 1 is 1.24 bits per heavy atom. The molecule has 1 aromatic heterocycles. The van der Waals surface area contributed by atoms with Crippen molar-refractivity contribution in [2.45, 2.75) is 13.5 Å². The number of anilines is 4. The van der Waals surface area contributed by atoms with Gasteiger partial charge >= 0.3 is 0 Å². The minimum absolute atomic E-state index is 0.355. The summed E-state index contributed by atoms with van der Waals surface area (Å²) in [6.45, 7) is 2.90. The fourth-order valence-corrected chi connectivity index (χ4v) is 1.85. The Balaban J connectivity index is 2.18. The molecule has 1 aromatic carbocycles. The first-order chi connectivity index (χ1) is 10.1. The smallest absolute Gasteiger partial charge is 0.158 e. The van der Waals surface area contributed by atoms with Crippen molar-refractivity contribution in [2.75, 3.05) is 36.7 Å². The van der Waals surface area contributed by atoms with E-state index in [1.54, 1.807) is 6.07 Å². The molecule has 112 valence electrons. The highest BCUT2D eigenvalue weighted by Gasteiger charge is 2.04. The van der Waals surface area contributed by atoms with Crippen LogP contribution >= 0.6 is 0 Å². The summed E-state index contributed by atoms with van der Waals surface area (Å²) in [6.07, 6.45) is 0. The monoisotopic (exact) mass is 287 g/mol. The zero-order valence-corrected chi connectivity index (χ0v) is 12.6. The Hall–Kier alpha value is -2.34. The molecule has 2 rings (SSSR count). The lowest BCUT2D eigenvalue weighted by Crippen LogP contribution is -2.09. The number of ether oxygens (including phenoxy) is 1. The van der Waals surface area contributed by atoms with Gasteiger partial charge in [0.25, 0.3) is 0 Å². The number of nitrogens with two attached hydrogens (primary N) is 1. The van der Waals surface area contributed by atoms with Crippen LogP contribution < -0.4 is 16.0 Å². The van der Waals surface area contributed by atoms with E-state index in [4.69, 9.17) is 10.5 Å². The highest BCUT2D eigenvalue weighted by atomic mass is 16.5. The van der Waals surface area contributed by atoms with Gasteiger partial charge < -0.3 is 20.7 Å². The van der Waals surface area contributed by atoms with Crippen LogP contribution in [0.1, 0.15) is 12.7 Å². The largest absolute Gasteiger partial charge is 0.384 e. The van der Waals surface area contributed by atoms with Crippen LogP contribution in [0.3, 0.4) is 0 Å². The fraction of sp³-hybridized carbons (Fsp3) is 0.333. The molecule has 2 aromatic rings. The number of nitrogens with zero attached hydrogens (tertiary/aromatic N) is 3. The first-order valence-corrected chi connectivity index (χ1v) is 6.84. The number of nitrogens with one attached hydrogen (secondary N) is 1. The summed E-state index contributed by atoms with van der Waals surface area (Å²) in [5.74, 6) is 1.65. The molecule has 0 amide bonds. The van der Waals surface area contributed by atoms with Gasteiger partial charge in [-0.3, -0.25) is 0 Å². The molecule has 0 spiro atoms. The molecule has 21 heavy (non-hydrogen) atoms. The van der Waals surface area contributed by atoms with Gasteiger partial charge in [-0.1, -0.05) is 6.07 Å². The van der Waals surface area contributed by atoms with Gasteiger partial charge in [0, 0.05) is 38.1 Å². The summed E-state index contributed by atoms with van der Waals surface area (Å²) in [5.41, 5.74) is 7.86. The molecule has 0 saturated heterocycles. The Bertz CT molecular complexity index is 600. The molecule has 6 heteroatoms. The second-order valence-corrected chi connectivity index (χ2v) is 4.80. The zero-order chi connectivity index (χ0) is 15.2. The summed E-state index contributed by atoms with van der Waals surface area (Å²) in [4.78, 5) is 10.6. The van der Waals surface area contributed by atoms with E-state index in [0.29, 0.717) is 30.7 Å². The third kappa shape index (κ3) is 4.32. The molecule has 0 atom stereocenters. The summed E-state index contributed by atoms with van der Waals surface area (Å²) in [7, 11) is 4.00. The normalized spacial score (nSPS) is 10.4. The summed E-state index contributed by atoms with van der Waals surface area (Å²) in [6, 6.07) is 9.76. The number of aromatic nitrogens is 2. The summed E-state index contributed by atoms with van der Waals surface area (Å²) < 4.78 is 5.32. The van der Waals surface area contributed by atoms with Crippen molar-refractivity contribution >= 4 is 23.0 Å². The van der Waals surface area contributed by atoms with Crippen LogP contribution in [0.25, 0.3) is 0 Å². The maximum Gasteiger partial charge on any atom is 0.158 e. The van der Waals surface area contributed by atoms with E-state index in [0.717, 1.165) is 11.4 Å². The van der Waals surface area contributed by atoms with Crippen LogP contribution in [-0.4, -0.2) is 30.7 Å². The molecular weight excluding hydrogens is 266 g/mol. The van der Waals surface area contributed by atoms with E-state index in [-0.39, 0.29) is 0 Å². The van der Waals surface area contributed by atoms with E-state index in [1.807, 2.05) is 50.2 Å². The molecule has 3 N–H and O–H groups in total.